The lowest BCUT2D eigenvalue weighted by Gasteiger charge is -2.11. The fourth-order valence-electron chi connectivity index (χ4n) is 2.02. The maximum Gasteiger partial charge on any atom is 0.0477 e. The van der Waals surface area contributed by atoms with Crippen molar-refractivity contribution in [2.75, 3.05) is 19.8 Å². The monoisotopic (exact) mass is 185 g/mol. The third-order valence-corrected chi connectivity index (χ3v) is 2.80. The third kappa shape index (κ3) is 4.63. The van der Waals surface area contributed by atoms with Crippen LogP contribution < -0.4 is 5.32 Å². The second kappa shape index (κ2) is 6.39. The topological polar surface area (TPSA) is 21.3 Å². The van der Waals surface area contributed by atoms with Gasteiger partial charge in [0.25, 0.3) is 0 Å². The summed E-state index contributed by atoms with van der Waals surface area (Å²) in [4.78, 5) is 0. The first-order valence-electron chi connectivity index (χ1n) is 5.64. The van der Waals surface area contributed by atoms with E-state index in [4.69, 9.17) is 4.74 Å². The van der Waals surface area contributed by atoms with Gasteiger partial charge in [-0.1, -0.05) is 6.92 Å². The highest BCUT2D eigenvalue weighted by molar-refractivity contribution is 4.77. The van der Waals surface area contributed by atoms with Gasteiger partial charge in [-0.05, 0) is 45.1 Å². The van der Waals surface area contributed by atoms with Gasteiger partial charge in [0.15, 0.2) is 0 Å². The Labute approximate surface area is 82.0 Å². The minimum Gasteiger partial charge on any atom is -0.382 e. The maximum absolute atomic E-state index is 5.28. The molecule has 0 heterocycles. The molecule has 78 valence electrons. The molecular formula is C11H23NO. The molecule has 0 amide bonds. The largest absolute Gasteiger partial charge is 0.382 e. The van der Waals surface area contributed by atoms with Crippen LogP contribution in [0.15, 0.2) is 0 Å². The lowest BCUT2D eigenvalue weighted by molar-refractivity contribution is 0.144. The summed E-state index contributed by atoms with van der Waals surface area (Å²) in [5, 5.41) is 3.59. The Morgan fingerprint density at radius 3 is 2.85 bits per heavy atom. The average molecular weight is 185 g/mol. The molecule has 1 fully saturated rings. The van der Waals surface area contributed by atoms with Crippen LogP contribution in [0.25, 0.3) is 0 Å². The molecule has 2 unspecified atom stereocenters. The van der Waals surface area contributed by atoms with E-state index in [2.05, 4.69) is 12.2 Å². The average Bonchev–Trinajstić information content (AvgIpc) is 2.51. The summed E-state index contributed by atoms with van der Waals surface area (Å²) in [7, 11) is 0. The predicted octanol–water partition coefficient (Wildman–Crippen LogP) is 2.19. The molecule has 2 atom stereocenters. The Kier molecular flexibility index (Phi) is 5.40. The first-order valence-corrected chi connectivity index (χ1v) is 5.64. The zero-order valence-electron chi connectivity index (χ0n) is 9.01. The zero-order chi connectivity index (χ0) is 9.52. The van der Waals surface area contributed by atoms with Crippen LogP contribution in [0.4, 0.5) is 0 Å². The van der Waals surface area contributed by atoms with E-state index in [9.17, 15) is 0 Å². The van der Waals surface area contributed by atoms with E-state index in [1.165, 1.54) is 19.3 Å². The quantitative estimate of drug-likeness (QED) is 0.640. The lowest BCUT2D eigenvalue weighted by Crippen LogP contribution is -2.28. The molecule has 0 aliphatic heterocycles. The Morgan fingerprint density at radius 2 is 2.23 bits per heavy atom. The van der Waals surface area contributed by atoms with Gasteiger partial charge < -0.3 is 10.1 Å². The zero-order valence-corrected chi connectivity index (χ0v) is 9.01. The van der Waals surface area contributed by atoms with Crippen molar-refractivity contribution in [3.63, 3.8) is 0 Å². The van der Waals surface area contributed by atoms with Gasteiger partial charge in [0, 0.05) is 19.3 Å². The van der Waals surface area contributed by atoms with Gasteiger partial charge in [0.05, 0.1) is 0 Å². The minimum absolute atomic E-state index is 0.789. The molecule has 0 aromatic rings. The predicted molar refractivity (Wildman–Crippen MR) is 55.9 cm³/mol. The van der Waals surface area contributed by atoms with Crippen LogP contribution in [0.5, 0.6) is 0 Å². The van der Waals surface area contributed by atoms with E-state index in [0.717, 1.165) is 38.1 Å². The number of ether oxygens (including phenoxy) is 1. The summed E-state index contributed by atoms with van der Waals surface area (Å²) in [6.45, 7) is 7.28. The lowest BCUT2D eigenvalue weighted by atomic mass is 10.1. The molecule has 1 N–H and O–H groups in total. The summed E-state index contributed by atoms with van der Waals surface area (Å²) in [6.07, 6.45) is 5.30. The van der Waals surface area contributed by atoms with E-state index in [1.807, 2.05) is 6.92 Å². The molecule has 2 nitrogen and oxygen atoms in total. The molecule has 1 aliphatic carbocycles. The van der Waals surface area contributed by atoms with Gasteiger partial charge in [-0.25, -0.2) is 0 Å². The van der Waals surface area contributed by atoms with Gasteiger partial charge in [-0.2, -0.15) is 0 Å². The summed E-state index contributed by atoms with van der Waals surface area (Å²) in [5.74, 6) is 0.935. The van der Waals surface area contributed by atoms with Gasteiger partial charge in [-0.3, -0.25) is 0 Å². The first kappa shape index (κ1) is 11.0. The molecule has 0 spiro atoms. The van der Waals surface area contributed by atoms with Crippen LogP contribution in [0.1, 0.15) is 39.5 Å². The first-order chi connectivity index (χ1) is 6.33. The summed E-state index contributed by atoms with van der Waals surface area (Å²) < 4.78 is 5.28. The van der Waals surface area contributed by atoms with Gasteiger partial charge in [0.1, 0.15) is 0 Å². The van der Waals surface area contributed by atoms with Crippen molar-refractivity contribution in [3.8, 4) is 0 Å². The van der Waals surface area contributed by atoms with E-state index in [0.29, 0.717) is 0 Å². The highest BCUT2D eigenvalue weighted by Crippen LogP contribution is 2.24. The molecule has 0 bridgehead atoms. The van der Waals surface area contributed by atoms with Crippen molar-refractivity contribution in [2.24, 2.45) is 5.92 Å². The number of nitrogens with one attached hydrogen (secondary N) is 1. The van der Waals surface area contributed by atoms with Crippen LogP contribution in [0, 0.1) is 5.92 Å². The fourth-order valence-corrected chi connectivity index (χ4v) is 2.02. The Balaban J connectivity index is 1.88. The summed E-state index contributed by atoms with van der Waals surface area (Å²) in [6, 6.07) is 0.789. The summed E-state index contributed by atoms with van der Waals surface area (Å²) in [5.41, 5.74) is 0. The van der Waals surface area contributed by atoms with Crippen molar-refractivity contribution in [1.29, 1.82) is 0 Å². The maximum atomic E-state index is 5.28. The van der Waals surface area contributed by atoms with Crippen molar-refractivity contribution in [1.82, 2.24) is 5.32 Å². The highest BCUT2D eigenvalue weighted by Gasteiger charge is 2.19. The smallest absolute Gasteiger partial charge is 0.0477 e. The molecule has 2 heteroatoms. The Bertz CT molecular complexity index is 127. The molecule has 13 heavy (non-hydrogen) atoms. The van der Waals surface area contributed by atoms with Gasteiger partial charge >= 0.3 is 0 Å². The van der Waals surface area contributed by atoms with Crippen LogP contribution in [0.2, 0.25) is 0 Å². The van der Waals surface area contributed by atoms with E-state index in [1.54, 1.807) is 0 Å². The standard InChI is InChI=1S/C11H23NO/c1-3-13-8-4-7-12-11-6-5-10(2)9-11/h10-12H,3-9H2,1-2H3. The highest BCUT2D eigenvalue weighted by atomic mass is 16.5. The van der Waals surface area contributed by atoms with E-state index in [-0.39, 0.29) is 0 Å². The fraction of sp³-hybridized carbons (Fsp3) is 1.00. The minimum atomic E-state index is 0.789. The molecule has 0 aromatic heterocycles. The molecule has 1 rings (SSSR count). The van der Waals surface area contributed by atoms with Crippen LogP contribution in [-0.2, 0) is 4.74 Å². The van der Waals surface area contributed by atoms with Crippen molar-refractivity contribution in [3.05, 3.63) is 0 Å². The number of rotatable bonds is 6. The molecule has 1 saturated carbocycles. The van der Waals surface area contributed by atoms with Crippen LogP contribution in [0.3, 0.4) is 0 Å². The van der Waals surface area contributed by atoms with Crippen LogP contribution in [-0.4, -0.2) is 25.8 Å². The number of hydrogen-bond acceptors (Lipinski definition) is 2. The number of hydrogen-bond donors (Lipinski definition) is 1. The van der Waals surface area contributed by atoms with Gasteiger partial charge in [-0.15, -0.1) is 0 Å². The van der Waals surface area contributed by atoms with E-state index >= 15 is 0 Å². The van der Waals surface area contributed by atoms with Crippen LogP contribution >= 0.6 is 0 Å². The third-order valence-electron chi connectivity index (χ3n) is 2.80. The van der Waals surface area contributed by atoms with Gasteiger partial charge in [0.2, 0.25) is 0 Å². The van der Waals surface area contributed by atoms with Crippen molar-refractivity contribution < 1.29 is 4.74 Å². The molecule has 0 radical (unpaired) electrons. The molecular weight excluding hydrogens is 162 g/mol. The van der Waals surface area contributed by atoms with Crippen molar-refractivity contribution in [2.45, 2.75) is 45.6 Å². The molecule has 1 aliphatic rings. The Hall–Kier alpha value is -0.0800. The molecule has 0 saturated heterocycles. The van der Waals surface area contributed by atoms with E-state index < -0.39 is 0 Å². The molecule has 0 aromatic carbocycles. The van der Waals surface area contributed by atoms with Crippen molar-refractivity contribution >= 4 is 0 Å². The summed E-state index contributed by atoms with van der Waals surface area (Å²) >= 11 is 0. The Morgan fingerprint density at radius 1 is 1.38 bits per heavy atom. The normalized spacial score (nSPS) is 28.2. The second-order valence-corrected chi connectivity index (χ2v) is 4.12. The second-order valence-electron chi connectivity index (χ2n) is 4.12. The SMILES string of the molecule is CCOCCCNC1CCC(C)C1.